The van der Waals surface area contributed by atoms with Crippen molar-refractivity contribution in [1.29, 1.82) is 0 Å². The fourth-order valence-electron chi connectivity index (χ4n) is 1.39. The molecule has 72 valence electrons. The first kappa shape index (κ1) is 8.74. The maximum atomic E-state index is 4.31. The lowest BCUT2D eigenvalue weighted by molar-refractivity contribution is 0.934. The van der Waals surface area contributed by atoms with Crippen molar-refractivity contribution in [3.8, 4) is 5.82 Å². The van der Waals surface area contributed by atoms with Crippen LogP contribution in [0.1, 0.15) is 5.82 Å². The first-order valence-corrected chi connectivity index (χ1v) is 4.46. The van der Waals surface area contributed by atoms with Gasteiger partial charge in [-0.05, 0) is 19.1 Å². The molecule has 4 heteroatoms. The van der Waals surface area contributed by atoms with Crippen LogP contribution >= 0.6 is 0 Å². The molecule has 2 aromatic heterocycles. The molecule has 0 aliphatic carbocycles. The normalized spacial score (nSPS) is 10.1. The monoisotopic (exact) mass is 188 g/mol. The molecule has 0 radical (unpaired) electrons. The summed E-state index contributed by atoms with van der Waals surface area (Å²) in [6.07, 6.45) is 5.44. The Morgan fingerprint density at radius 1 is 1.29 bits per heavy atom. The van der Waals surface area contributed by atoms with Crippen LogP contribution in [0.2, 0.25) is 0 Å². The third kappa shape index (κ3) is 1.35. The van der Waals surface area contributed by atoms with Crippen LogP contribution in [0.25, 0.3) is 5.82 Å². The van der Waals surface area contributed by atoms with E-state index in [0.29, 0.717) is 0 Å². The lowest BCUT2D eigenvalue weighted by atomic mass is 10.4. The zero-order chi connectivity index (χ0) is 9.97. The maximum Gasteiger partial charge on any atom is 0.161 e. The Bertz CT molecular complexity index is 433. The fourth-order valence-corrected chi connectivity index (χ4v) is 1.39. The van der Waals surface area contributed by atoms with E-state index >= 15 is 0 Å². The van der Waals surface area contributed by atoms with Gasteiger partial charge in [-0.1, -0.05) is 0 Å². The zero-order valence-corrected chi connectivity index (χ0v) is 8.23. The van der Waals surface area contributed by atoms with Gasteiger partial charge in [-0.25, -0.2) is 9.97 Å². The number of hydrogen-bond donors (Lipinski definition) is 1. The zero-order valence-electron chi connectivity index (χ0n) is 8.23. The highest BCUT2D eigenvalue weighted by Crippen LogP contribution is 2.17. The van der Waals surface area contributed by atoms with Gasteiger partial charge in [0.15, 0.2) is 5.82 Å². The van der Waals surface area contributed by atoms with Crippen molar-refractivity contribution in [2.24, 2.45) is 0 Å². The van der Waals surface area contributed by atoms with Crippen LogP contribution in [0, 0.1) is 6.92 Å². The number of hydrogen-bond acceptors (Lipinski definition) is 3. The van der Waals surface area contributed by atoms with Crippen molar-refractivity contribution in [2.75, 3.05) is 12.4 Å². The molecule has 4 nitrogen and oxygen atoms in total. The third-order valence-corrected chi connectivity index (χ3v) is 2.11. The molecule has 0 aromatic carbocycles. The Kier molecular flexibility index (Phi) is 2.18. The molecule has 0 fully saturated rings. The summed E-state index contributed by atoms with van der Waals surface area (Å²) in [5.41, 5.74) is 0.994. The quantitative estimate of drug-likeness (QED) is 0.778. The SMILES string of the molecule is CNc1cccnc1-n1ccnc1C. The largest absolute Gasteiger partial charge is 0.385 e. The van der Waals surface area contributed by atoms with Gasteiger partial charge < -0.3 is 5.32 Å². The molecule has 0 bridgehead atoms. The van der Waals surface area contributed by atoms with Crippen LogP contribution in [0.4, 0.5) is 5.69 Å². The molecule has 0 unspecified atom stereocenters. The van der Waals surface area contributed by atoms with E-state index in [1.165, 1.54) is 0 Å². The second-order valence-electron chi connectivity index (χ2n) is 2.97. The summed E-state index contributed by atoms with van der Waals surface area (Å²) in [4.78, 5) is 8.48. The second kappa shape index (κ2) is 3.49. The van der Waals surface area contributed by atoms with E-state index in [-0.39, 0.29) is 0 Å². The molecule has 1 N–H and O–H groups in total. The van der Waals surface area contributed by atoms with Gasteiger partial charge in [-0.2, -0.15) is 0 Å². The van der Waals surface area contributed by atoms with Crippen LogP contribution in [-0.4, -0.2) is 21.6 Å². The minimum atomic E-state index is 0.880. The molecule has 2 rings (SSSR count). The lowest BCUT2D eigenvalue weighted by Gasteiger charge is -2.09. The van der Waals surface area contributed by atoms with Gasteiger partial charge in [-0.3, -0.25) is 4.57 Å². The predicted molar refractivity (Wildman–Crippen MR) is 55.6 cm³/mol. The molecular formula is C10H12N4. The summed E-state index contributed by atoms with van der Waals surface area (Å²) in [5, 5.41) is 3.10. The average molecular weight is 188 g/mol. The first-order valence-electron chi connectivity index (χ1n) is 4.46. The summed E-state index contributed by atoms with van der Waals surface area (Å²) in [5.74, 6) is 1.81. The predicted octanol–water partition coefficient (Wildman–Crippen LogP) is 1.62. The molecule has 0 atom stereocenters. The standard InChI is InChI=1S/C10H12N4/c1-8-12-6-7-14(8)10-9(11-2)4-3-5-13-10/h3-7,11H,1-2H3. The fraction of sp³-hybridized carbons (Fsp3) is 0.200. The van der Waals surface area contributed by atoms with Crippen LogP contribution in [0.3, 0.4) is 0 Å². The lowest BCUT2D eigenvalue weighted by Crippen LogP contribution is -2.03. The van der Waals surface area contributed by atoms with Crippen LogP contribution in [0.5, 0.6) is 0 Å². The first-order chi connectivity index (χ1) is 6.83. The van der Waals surface area contributed by atoms with Gasteiger partial charge in [0.2, 0.25) is 0 Å². The van der Waals surface area contributed by atoms with Crippen LogP contribution < -0.4 is 5.32 Å². The van der Waals surface area contributed by atoms with E-state index in [0.717, 1.165) is 17.3 Å². The van der Waals surface area contributed by atoms with Crippen molar-refractivity contribution in [3.05, 3.63) is 36.5 Å². The van der Waals surface area contributed by atoms with Gasteiger partial charge in [0.1, 0.15) is 5.82 Å². The Morgan fingerprint density at radius 3 is 2.79 bits per heavy atom. The number of rotatable bonds is 2. The number of imidazole rings is 1. The molecule has 2 heterocycles. The van der Waals surface area contributed by atoms with E-state index < -0.39 is 0 Å². The highest BCUT2D eigenvalue weighted by Gasteiger charge is 2.05. The van der Waals surface area contributed by atoms with Crippen molar-refractivity contribution in [1.82, 2.24) is 14.5 Å². The summed E-state index contributed by atoms with van der Waals surface area (Å²) in [6.45, 7) is 1.95. The smallest absolute Gasteiger partial charge is 0.161 e. The Labute approximate surface area is 82.6 Å². The highest BCUT2D eigenvalue weighted by molar-refractivity contribution is 5.56. The molecule has 0 aliphatic heterocycles. The second-order valence-corrected chi connectivity index (χ2v) is 2.97. The summed E-state index contributed by atoms with van der Waals surface area (Å²) >= 11 is 0. The van der Waals surface area contributed by atoms with Crippen molar-refractivity contribution in [3.63, 3.8) is 0 Å². The molecular weight excluding hydrogens is 176 g/mol. The van der Waals surface area contributed by atoms with Crippen molar-refractivity contribution < 1.29 is 0 Å². The van der Waals surface area contributed by atoms with Crippen molar-refractivity contribution >= 4 is 5.69 Å². The molecule has 2 aromatic rings. The highest BCUT2D eigenvalue weighted by atomic mass is 15.1. The van der Waals surface area contributed by atoms with E-state index in [1.807, 2.05) is 36.9 Å². The topological polar surface area (TPSA) is 42.7 Å². The molecule has 0 aliphatic rings. The number of nitrogens with zero attached hydrogens (tertiary/aromatic N) is 3. The van der Waals surface area contributed by atoms with Gasteiger partial charge in [-0.15, -0.1) is 0 Å². The van der Waals surface area contributed by atoms with Gasteiger partial charge >= 0.3 is 0 Å². The number of aryl methyl sites for hydroxylation is 1. The number of anilines is 1. The molecule has 0 spiro atoms. The van der Waals surface area contributed by atoms with E-state index in [4.69, 9.17) is 0 Å². The van der Waals surface area contributed by atoms with Gasteiger partial charge in [0.25, 0.3) is 0 Å². The van der Waals surface area contributed by atoms with Crippen LogP contribution in [-0.2, 0) is 0 Å². The summed E-state index contributed by atoms with van der Waals surface area (Å²) < 4.78 is 1.95. The van der Waals surface area contributed by atoms with Crippen LogP contribution in [0.15, 0.2) is 30.7 Å². The van der Waals surface area contributed by atoms with Crippen molar-refractivity contribution in [2.45, 2.75) is 6.92 Å². The van der Waals surface area contributed by atoms with E-state index in [2.05, 4.69) is 15.3 Å². The summed E-state index contributed by atoms with van der Waals surface area (Å²) in [7, 11) is 1.88. The maximum absolute atomic E-state index is 4.31. The van der Waals surface area contributed by atoms with E-state index in [1.54, 1.807) is 12.4 Å². The molecule has 0 amide bonds. The van der Waals surface area contributed by atoms with Gasteiger partial charge in [0.05, 0.1) is 5.69 Å². The number of nitrogens with one attached hydrogen (secondary N) is 1. The van der Waals surface area contributed by atoms with E-state index in [9.17, 15) is 0 Å². The number of pyridine rings is 1. The number of aromatic nitrogens is 3. The molecule has 0 saturated heterocycles. The Morgan fingerprint density at radius 2 is 2.14 bits per heavy atom. The van der Waals surface area contributed by atoms with Gasteiger partial charge in [0, 0.05) is 25.6 Å². The average Bonchev–Trinajstić information content (AvgIpc) is 2.64. The minimum absolute atomic E-state index is 0.880. The minimum Gasteiger partial charge on any atom is -0.385 e. The Balaban J connectivity index is 2.56. The Hall–Kier alpha value is -1.84. The molecule has 14 heavy (non-hydrogen) atoms. The third-order valence-electron chi connectivity index (χ3n) is 2.11. The summed E-state index contributed by atoms with van der Waals surface area (Å²) in [6, 6.07) is 3.89. The molecule has 0 saturated carbocycles.